The van der Waals surface area contributed by atoms with Crippen LogP contribution >= 0.6 is 0 Å². The van der Waals surface area contributed by atoms with Crippen LogP contribution in [0.25, 0.3) is 0 Å². The molecule has 1 aromatic carbocycles. The summed E-state index contributed by atoms with van der Waals surface area (Å²) in [7, 11) is 0. The highest BCUT2D eigenvalue weighted by atomic mass is 16.4. The van der Waals surface area contributed by atoms with Gasteiger partial charge in [-0.25, -0.2) is 0 Å². The molecule has 0 saturated heterocycles. The van der Waals surface area contributed by atoms with E-state index >= 15 is 0 Å². The van der Waals surface area contributed by atoms with Crippen LogP contribution in [0.4, 0.5) is 0 Å². The minimum atomic E-state index is -1.11. The molecule has 3 nitrogen and oxygen atoms in total. The monoisotopic (exact) mass is 305 g/mol. The summed E-state index contributed by atoms with van der Waals surface area (Å²) in [6.07, 6.45) is 4.70. The highest BCUT2D eigenvalue weighted by Crippen LogP contribution is 2.25. The lowest BCUT2D eigenvalue weighted by atomic mass is 9.84. The predicted molar refractivity (Wildman–Crippen MR) is 92.2 cm³/mol. The van der Waals surface area contributed by atoms with Crippen molar-refractivity contribution in [3.8, 4) is 0 Å². The highest BCUT2D eigenvalue weighted by molar-refractivity contribution is 5.77. The molecule has 0 aliphatic heterocycles. The molecule has 3 heteroatoms. The van der Waals surface area contributed by atoms with Gasteiger partial charge in [0.25, 0.3) is 0 Å². The van der Waals surface area contributed by atoms with Gasteiger partial charge in [0.1, 0.15) is 5.54 Å². The van der Waals surface area contributed by atoms with Crippen LogP contribution in [0, 0.1) is 26.7 Å². The second kappa shape index (κ2) is 7.77. The number of aryl methyl sites for hydroxylation is 3. The Morgan fingerprint density at radius 2 is 1.82 bits per heavy atom. The van der Waals surface area contributed by atoms with E-state index in [2.05, 4.69) is 39.8 Å². The third-order valence-electron chi connectivity index (χ3n) is 4.66. The van der Waals surface area contributed by atoms with Crippen LogP contribution in [0.15, 0.2) is 12.1 Å². The van der Waals surface area contributed by atoms with Gasteiger partial charge in [0.05, 0.1) is 0 Å². The smallest absolute Gasteiger partial charge is 0.323 e. The van der Waals surface area contributed by atoms with E-state index < -0.39 is 11.5 Å². The molecule has 1 aromatic rings. The van der Waals surface area contributed by atoms with Gasteiger partial charge in [-0.05, 0) is 69.6 Å². The summed E-state index contributed by atoms with van der Waals surface area (Å²) in [4.78, 5) is 11.2. The summed E-state index contributed by atoms with van der Waals surface area (Å²) in [6.45, 7) is 10.2. The van der Waals surface area contributed by atoms with Crippen LogP contribution in [-0.4, -0.2) is 16.6 Å². The fourth-order valence-corrected chi connectivity index (χ4v) is 3.31. The highest BCUT2D eigenvalue weighted by Gasteiger charge is 2.30. The Morgan fingerprint density at radius 1 is 1.27 bits per heavy atom. The fraction of sp³-hybridized carbons (Fsp3) is 0.632. The van der Waals surface area contributed by atoms with Crippen molar-refractivity contribution in [3.63, 3.8) is 0 Å². The molecule has 0 bridgehead atoms. The molecule has 0 radical (unpaired) electrons. The molecule has 0 aliphatic carbocycles. The first kappa shape index (κ1) is 18.7. The number of benzene rings is 1. The van der Waals surface area contributed by atoms with Gasteiger partial charge in [-0.1, -0.05) is 37.5 Å². The van der Waals surface area contributed by atoms with Gasteiger partial charge in [0.15, 0.2) is 0 Å². The number of hydrogen-bond donors (Lipinski definition) is 2. The maximum absolute atomic E-state index is 11.2. The molecule has 0 aromatic heterocycles. The molecule has 124 valence electrons. The molecule has 0 fully saturated rings. The molecule has 1 rings (SSSR count). The van der Waals surface area contributed by atoms with Crippen LogP contribution in [0.3, 0.4) is 0 Å². The molecular formula is C19H31NO2. The second-order valence-electron chi connectivity index (χ2n) is 6.97. The predicted octanol–water partition coefficient (Wildman–Crippen LogP) is 4.15. The van der Waals surface area contributed by atoms with Crippen LogP contribution in [-0.2, 0) is 11.2 Å². The third kappa shape index (κ3) is 5.13. The fourth-order valence-electron chi connectivity index (χ4n) is 3.31. The molecule has 2 unspecified atom stereocenters. The lowest BCUT2D eigenvalue weighted by Crippen LogP contribution is -2.46. The summed E-state index contributed by atoms with van der Waals surface area (Å²) < 4.78 is 0. The number of aliphatic carboxylic acids is 1. The van der Waals surface area contributed by atoms with E-state index in [1.807, 2.05) is 0 Å². The minimum absolute atomic E-state index is 0.372. The standard InChI is InChI=1S/C19H31NO2/c1-6-16(12-19(5,20)18(21)22)8-7-9-17-14(3)10-13(2)11-15(17)4/h10-11,16H,6-9,12,20H2,1-5H3,(H,21,22). The van der Waals surface area contributed by atoms with Gasteiger partial charge in [-0.2, -0.15) is 0 Å². The Morgan fingerprint density at radius 3 is 2.27 bits per heavy atom. The zero-order chi connectivity index (χ0) is 16.9. The number of carbonyl (C=O) groups is 1. The van der Waals surface area contributed by atoms with E-state index in [0.29, 0.717) is 12.3 Å². The van der Waals surface area contributed by atoms with Crippen molar-refractivity contribution >= 4 is 5.97 Å². The van der Waals surface area contributed by atoms with Gasteiger partial charge in [-0.15, -0.1) is 0 Å². The Hall–Kier alpha value is -1.35. The lowest BCUT2D eigenvalue weighted by Gasteiger charge is -2.25. The first-order valence-corrected chi connectivity index (χ1v) is 8.26. The zero-order valence-corrected chi connectivity index (χ0v) is 14.7. The Kier molecular flexibility index (Phi) is 6.61. The van der Waals surface area contributed by atoms with Gasteiger partial charge in [-0.3, -0.25) is 4.79 Å². The molecule has 0 amide bonds. The van der Waals surface area contributed by atoms with Crippen molar-refractivity contribution in [2.24, 2.45) is 11.7 Å². The van der Waals surface area contributed by atoms with E-state index in [-0.39, 0.29) is 0 Å². The van der Waals surface area contributed by atoms with Crippen molar-refractivity contribution in [1.29, 1.82) is 0 Å². The summed E-state index contributed by atoms with van der Waals surface area (Å²) in [5.41, 5.74) is 10.2. The van der Waals surface area contributed by atoms with E-state index in [1.54, 1.807) is 6.92 Å². The molecular weight excluding hydrogens is 274 g/mol. The lowest BCUT2D eigenvalue weighted by molar-refractivity contribution is -0.143. The van der Waals surface area contributed by atoms with Crippen molar-refractivity contribution in [1.82, 2.24) is 0 Å². The number of nitrogens with two attached hydrogens (primary N) is 1. The Labute approximate surface area is 134 Å². The van der Waals surface area contributed by atoms with Crippen LogP contribution in [0.5, 0.6) is 0 Å². The molecule has 0 spiro atoms. The maximum atomic E-state index is 11.2. The summed E-state index contributed by atoms with van der Waals surface area (Å²) in [6, 6.07) is 4.47. The number of rotatable bonds is 8. The number of carboxylic acids is 1. The largest absolute Gasteiger partial charge is 0.480 e. The first-order valence-electron chi connectivity index (χ1n) is 8.26. The first-order chi connectivity index (χ1) is 10.2. The quantitative estimate of drug-likeness (QED) is 0.758. The molecule has 0 aliphatic rings. The Balaban J connectivity index is 2.60. The van der Waals surface area contributed by atoms with Crippen molar-refractivity contribution in [3.05, 3.63) is 34.4 Å². The topological polar surface area (TPSA) is 63.3 Å². The Bertz CT molecular complexity index is 497. The van der Waals surface area contributed by atoms with Crippen LogP contribution < -0.4 is 5.73 Å². The SMILES string of the molecule is CCC(CCCc1c(C)cc(C)cc1C)CC(C)(N)C(=O)O. The normalized spacial score (nSPS) is 15.4. The van der Waals surface area contributed by atoms with E-state index in [4.69, 9.17) is 10.8 Å². The van der Waals surface area contributed by atoms with Crippen LogP contribution in [0.2, 0.25) is 0 Å². The van der Waals surface area contributed by atoms with Gasteiger partial charge >= 0.3 is 5.97 Å². The number of hydrogen-bond acceptors (Lipinski definition) is 2. The maximum Gasteiger partial charge on any atom is 0.323 e. The summed E-state index contributed by atoms with van der Waals surface area (Å²) in [5.74, 6) is -0.534. The second-order valence-corrected chi connectivity index (χ2v) is 6.97. The van der Waals surface area contributed by atoms with Gasteiger partial charge < -0.3 is 10.8 Å². The molecule has 22 heavy (non-hydrogen) atoms. The van der Waals surface area contributed by atoms with Crippen LogP contribution in [0.1, 0.15) is 61.8 Å². The van der Waals surface area contributed by atoms with E-state index in [0.717, 1.165) is 25.7 Å². The molecule has 0 saturated carbocycles. The van der Waals surface area contributed by atoms with Crippen molar-refractivity contribution in [2.45, 2.75) is 72.3 Å². The van der Waals surface area contributed by atoms with Crippen molar-refractivity contribution < 1.29 is 9.90 Å². The van der Waals surface area contributed by atoms with E-state index in [1.165, 1.54) is 22.3 Å². The average molecular weight is 305 g/mol. The van der Waals surface area contributed by atoms with Crippen molar-refractivity contribution in [2.75, 3.05) is 0 Å². The molecule has 0 heterocycles. The third-order valence-corrected chi connectivity index (χ3v) is 4.66. The number of carboxylic acid groups (broad SMARTS) is 1. The molecule has 3 N–H and O–H groups in total. The van der Waals surface area contributed by atoms with Gasteiger partial charge in [0, 0.05) is 0 Å². The zero-order valence-electron chi connectivity index (χ0n) is 14.7. The van der Waals surface area contributed by atoms with E-state index in [9.17, 15) is 4.79 Å². The minimum Gasteiger partial charge on any atom is -0.480 e. The summed E-state index contributed by atoms with van der Waals surface area (Å²) in [5, 5.41) is 9.16. The summed E-state index contributed by atoms with van der Waals surface area (Å²) >= 11 is 0. The molecule has 2 atom stereocenters. The van der Waals surface area contributed by atoms with Gasteiger partial charge in [0.2, 0.25) is 0 Å². The average Bonchev–Trinajstić information content (AvgIpc) is 2.39.